The van der Waals surface area contributed by atoms with E-state index >= 15 is 0 Å². The van der Waals surface area contributed by atoms with Crippen molar-refractivity contribution in [2.75, 3.05) is 19.7 Å². The van der Waals surface area contributed by atoms with Gasteiger partial charge in [0, 0.05) is 13.1 Å². The Kier molecular flexibility index (Phi) is 4.20. The summed E-state index contributed by atoms with van der Waals surface area (Å²) in [6, 6.07) is 0. The monoisotopic (exact) mass is 243 g/mol. The predicted molar refractivity (Wildman–Crippen MR) is 67.1 cm³/mol. The molecule has 0 aromatic rings. The highest BCUT2D eigenvalue weighted by molar-refractivity contribution is 5.78. The van der Waals surface area contributed by atoms with Crippen molar-refractivity contribution in [3.05, 3.63) is 0 Å². The Bertz CT molecular complexity index is 288. The van der Waals surface area contributed by atoms with E-state index < -0.39 is 11.5 Å². The minimum atomic E-state index is -0.783. The van der Waals surface area contributed by atoms with E-state index in [1.165, 1.54) is 0 Å². The number of rotatable bonds is 4. The molecule has 1 fully saturated rings. The first-order chi connectivity index (χ1) is 7.67. The number of carboxylic acid groups (broad SMARTS) is 1. The number of hydrogen-bond donors (Lipinski definition) is 1. The maximum absolute atomic E-state index is 11.6. The molecule has 4 heteroatoms. The Balaban J connectivity index is 2.87. The molecule has 100 valence electrons. The Morgan fingerprint density at radius 3 is 2.53 bits per heavy atom. The van der Waals surface area contributed by atoms with Crippen molar-refractivity contribution in [2.24, 2.45) is 5.92 Å². The zero-order valence-electron chi connectivity index (χ0n) is 11.6. The van der Waals surface area contributed by atoms with Gasteiger partial charge in [0.15, 0.2) is 0 Å². The molecule has 0 amide bonds. The van der Waals surface area contributed by atoms with Gasteiger partial charge in [0.05, 0.1) is 12.2 Å². The lowest BCUT2D eigenvalue weighted by atomic mass is 9.87. The molecule has 1 aliphatic rings. The van der Waals surface area contributed by atoms with Gasteiger partial charge in [-0.15, -0.1) is 0 Å². The van der Waals surface area contributed by atoms with Crippen LogP contribution in [0.2, 0.25) is 0 Å². The lowest BCUT2D eigenvalue weighted by molar-refractivity contribution is -0.163. The van der Waals surface area contributed by atoms with Crippen LogP contribution in [-0.2, 0) is 9.53 Å². The average Bonchev–Trinajstić information content (AvgIpc) is 2.14. The van der Waals surface area contributed by atoms with E-state index in [0.29, 0.717) is 32.0 Å². The summed E-state index contributed by atoms with van der Waals surface area (Å²) in [6.45, 7) is 11.9. The minimum Gasteiger partial charge on any atom is -0.480 e. The quantitative estimate of drug-likeness (QED) is 0.820. The van der Waals surface area contributed by atoms with Crippen LogP contribution < -0.4 is 0 Å². The lowest BCUT2D eigenvalue weighted by Crippen LogP contribution is -2.61. The first-order valence-corrected chi connectivity index (χ1v) is 6.30. The first-order valence-electron chi connectivity index (χ1n) is 6.30. The fraction of sp³-hybridized carbons (Fsp3) is 0.923. The molecule has 0 aromatic carbocycles. The van der Waals surface area contributed by atoms with Crippen molar-refractivity contribution in [1.82, 2.24) is 4.90 Å². The molecule has 0 spiro atoms. The van der Waals surface area contributed by atoms with Gasteiger partial charge in [0.2, 0.25) is 0 Å². The Hall–Kier alpha value is -0.610. The summed E-state index contributed by atoms with van der Waals surface area (Å²) in [5.41, 5.74) is -1.04. The van der Waals surface area contributed by atoms with Crippen molar-refractivity contribution < 1.29 is 14.6 Å². The molecule has 0 aromatic heterocycles. The van der Waals surface area contributed by atoms with Crippen LogP contribution in [0.4, 0.5) is 0 Å². The maximum atomic E-state index is 11.6. The Morgan fingerprint density at radius 2 is 2.12 bits per heavy atom. The molecular formula is C13H25NO3. The van der Waals surface area contributed by atoms with E-state index in [9.17, 15) is 9.90 Å². The molecule has 0 radical (unpaired) electrons. The highest BCUT2D eigenvalue weighted by atomic mass is 16.5. The van der Waals surface area contributed by atoms with Gasteiger partial charge in [-0.25, -0.2) is 0 Å². The van der Waals surface area contributed by atoms with E-state index in [1.807, 2.05) is 20.8 Å². The van der Waals surface area contributed by atoms with Gasteiger partial charge >= 0.3 is 5.97 Å². The van der Waals surface area contributed by atoms with Crippen molar-refractivity contribution in [2.45, 2.75) is 52.2 Å². The van der Waals surface area contributed by atoms with Crippen molar-refractivity contribution in [3.8, 4) is 0 Å². The van der Waals surface area contributed by atoms with Crippen LogP contribution in [0.25, 0.3) is 0 Å². The number of carboxylic acids is 1. The van der Waals surface area contributed by atoms with Gasteiger partial charge in [-0.3, -0.25) is 9.69 Å². The smallest absolute Gasteiger partial charge is 0.323 e. The largest absolute Gasteiger partial charge is 0.480 e. The van der Waals surface area contributed by atoms with Crippen molar-refractivity contribution in [3.63, 3.8) is 0 Å². The van der Waals surface area contributed by atoms with E-state index in [1.54, 1.807) is 0 Å². The molecule has 0 saturated carbocycles. The number of carbonyl (C=O) groups is 1. The molecule has 1 N–H and O–H groups in total. The normalized spacial score (nSPS) is 24.6. The molecular weight excluding hydrogens is 218 g/mol. The summed E-state index contributed by atoms with van der Waals surface area (Å²) in [5.74, 6) is -0.369. The van der Waals surface area contributed by atoms with Gasteiger partial charge in [0.1, 0.15) is 5.54 Å². The van der Waals surface area contributed by atoms with Gasteiger partial charge < -0.3 is 9.84 Å². The molecule has 17 heavy (non-hydrogen) atoms. The predicted octanol–water partition coefficient (Wildman–Crippen LogP) is 1.99. The maximum Gasteiger partial charge on any atom is 0.323 e. The summed E-state index contributed by atoms with van der Waals surface area (Å²) in [7, 11) is 0. The van der Waals surface area contributed by atoms with Crippen LogP contribution in [0.15, 0.2) is 0 Å². The average molecular weight is 243 g/mol. The van der Waals surface area contributed by atoms with E-state index in [-0.39, 0.29) is 5.60 Å². The lowest BCUT2D eigenvalue weighted by Gasteiger charge is -2.46. The van der Waals surface area contributed by atoms with Crippen molar-refractivity contribution in [1.29, 1.82) is 0 Å². The minimum absolute atomic E-state index is 0.258. The van der Waals surface area contributed by atoms with Crippen LogP contribution in [0.5, 0.6) is 0 Å². The highest BCUT2D eigenvalue weighted by Gasteiger charge is 2.43. The Labute approximate surface area is 104 Å². The van der Waals surface area contributed by atoms with Crippen LogP contribution in [0, 0.1) is 5.92 Å². The molecule has 4 nitrogen and oxygen atoms in total. The number of ether oxygens (including phenoxy) is 1. The SMILES string of the molecule is CC(C)CC(C)(C(=O)O)N1CCOC(C)(C)C1. The Morgan fingerprint density at radius 1 is 1.53 bits per heavy atom. The van der Waals surface area contributed by atoms with Crippen molar-refractivity contribution >= 4 is 5.97 Å². The first kappa shape index (κ1) is 14.5. The number of morpholine rings is 1. The summed E-state index contributed by atoms with van der Waals surface area (Å²) in [6.07, 6.45) is 0.665. The van der Waals surface area contributed by atoms with Crippen LogP contribution in [0.3, 0.4) is 0 Å². The molecule has 1 heterocycles. The number of aliphatic carboxylic acids is 1. The summed E-state index contributed by atoms with van der Waals surface area (Å²) in [4.78, 5) is 13.6. The second kappa shape index (κ2) is 4.94. The summed E-state index contributed by atoms with van der Waals surface area (Å²) < 4.78 is 5.64. The zero-order chi connectivity index (χ0) is 13.3. The van der Waals surface area contributed by atoms with Crippen LogP contribution in [0.1, 0.15) is 41.0 Å². The summed E-state index contributed by atoms with van der Waals surface area (Å²) >= 11 is 0. The third kappa shape index (κ3) is 3.42. The van der Waals surface area contributed by atoms with Gasteiger partial charge in [-0.2, -0.15) is 0 Å². The number of nitrogens with zero attached hydrogens (tertiary/aromatic N) is 1. The van der Waals surface area contributed by atoms with Crippen LogP contribution >= 0.6 is 0 Å². The van der Waals surface area contributed by atoms with E-state index in [0.717, 1.165) is 0 Å². The van der Waals surface area contributed by atoms with E-state index in [2.05, 4.69) is 18.7 Å². The second-order valence-electron chi connectivity index (χ2n) is 6.21. The highest BCUT2D eigenvalue weighted by Crippen LogP contribution is 2.29. The molecule has 0 bridgehead atoms. The molecule has 1 rings (SSSR count). The summed E-state index contributed by atoms with van der Waals surface area (Å²) in [5, 5.41) is 9.52. The zero-order valence-corrected chi connectivity index (χ0v) is 11.6. The van der Waals surface area contributed by atoms with Crippen LogP contribution in [-0.4, -0.2) is 46.8 Å². The number of hydrogen-bond acceptors (Lipinski definition) is 3. The van der Waals surface area contributed by atoms with Gasteiger partial charge in [0.25, 0.3) is 0 Å². The topological polar surface area (TPSA) is 49.8 Å². The molecule has 1 aliphatic heterocycles. The van der Waals surface area contributed by atoms with E-state index in [4.69, 9.17) is 4.74 Å². The fourth-order valence-electron chi connectivity index (χ4n) is 2.58. The standard InChI is InChI=1S/C13H25NO3/c1-10(2)8-13(5,11(15)16)14-6-7-17-12(3,4)9-14/h10H,6-9H2,1-5H3,(H,15,16). The molecule has 0 aliphatic carbocycles. The van der Waals surface area contributed by atoms with Gasteiger partial charge in [-0.05, 0) is 33.1 Å². The second-order valence-corrected chi connectivity index (χ2v) is 6.21. The third-order valence-corrected chi connectivity index (χ3v) is 3.39. The van der Waals surface area contributed by atoms with Gasteiger partial charge in [-0.1, -0.05) is 13.8 Å². The molecule has 1 atom stereocenters. The molecule has 1 unspecified atom stereocenters. The molecule has 1 saturated heterocycles. The third-order valence-electron chi connectivity index (χ3n) is 3.39. The fourth-order valence-corrected chi connectivity index (χ4v) is 2.58.